The Bertz CT molecular complexity index is 653. The van der Waals surface area contributed by atoms with Crippen LogP contribution < -0.4 is 5.32 Å². The van der Waals surface area contributed by atoms with Gasteiger partial charge in [-0.05, 0) is 47.8 Å². The molecule has 1 aromatic heterocycles. The molecule has 2 amide bonds. The summed E-state index contributed by atoms with van der Waals surface area (Å²) >= 11 is 3.04. The van der Waals surface area contributed by atoms with Crippen molar-refractivity contribution in [3.8, 4) is 5.88 Å². The number of halogens is 7. The minimum absolute atomic E-state index is 0.00462. The molecule has 12 heteroatoms. The number of urea groups is 1. The van der Waals surface area contributed by atoms with Crippen LogP contribution in [0.5, 0.6) is 5.88 Å². The van der Waals surface area contributed by atoms with Crippen LogP contribution in [0, 0.1) is 0 Å². The first-order valence-corrected chi connectivity index (χ1v) is 8.60. The van der Waals surface area contributed by atoms with Crippen molar-refractivity contribution in [1.29, 1.82) is 0 Å². The molecule has 0 aromatic carbocycles. The number of alkyl halides is 6. The standard InChI is InChI=1S/C15H18BrF6N3O2/c1-3-25(8(2)9-6-10(16)12(26)23-7-9)13(27)24-11(15(20,21)22)4-5-14(17,18)19/h6-8,11H,3-5H2,1-2H3,(H,23,26)(H,24,27)/t8?,11-/m0/s1. The van der Waals surface area contributed by atoms with E-state index in [2.05, 4.69) is 20.9 Å². The number of rotatable bonds is 6. The molecule has 0 saturated carbocycles. The van der Waals surface area contributed by atoms with Gasteiger partial charge in [-0.3, -0.25) is 0 Å². The summed E-state index contributed by atoms with van der Waals surface area (Å²) in [7, 11) is 0. The molecule has 0 bridgehead atoms. The predicted molar refractivity (Wildman–Crippen MR) is 88.1 cm³/mol. The molecule has 0 aliphatic carbocycles. The van der Waals surface area contributed by atoms with E-state index in [0.29, 0.717) is 5.56 Å². The van der Waals surface area contributed by atoms with Crippen molar-refractivity contribution >= 4 is 22.0 Å². The zero-order valence-electron chi connectivity index (χ0n) is 14.3. The second-order valence-electron chi connectivity index (χ2n) is 5.73. The fourth-order valence-corrected chi connectivity index (χ4v) is 2.67. The molecule has 2 atom stereocenters. The van der Waals surface area contributed by atoms with Crippen molar-refractivity contribution < 1.29 is 36.2 Å². The molecule has 27 heavy (non-hydrogen) atoms. The molecule has 0 aliphatic rings. The molecule has 1 rings (SSSR count). The zero-order chi connectivity index (χ0) is 21.0. The zero-order valence-corrected chi connectivity index (χ0v) is 15.9. The van der Waals surface area contributed by atoms with Crippen molar-refractivity contribution in [2.45, 2.75) is 51.1 Å². The van der Waals surface area contributed by atoms with Crippen molar-refractivity contribution in [2.24, 2.45) is 0 Å². The van der Waals surface area contributed by atoms with Crippen molar-refractivity contribution in [2.75, 3.05) is 6.54 Å². The summed E-state index contributed by atoms with van der Waals surface area (Å²) in [6, 6.07) is -3.08. The third-order valence-corrected chi connectivity index (χ3v) is 4.39. The van der Waals surface area contributed by atoms with Gasteiger partial charge in [0.1, 0.15) is 6.04 Å². The first-order valence-electron chi connectivity index (χ1n) is 7.81. The second kappa shape index (κ2) is 8.98. The SMILES string of the molecule is CCN(C(=O)N[C@@H](CCC(F)(F)F)C(F)(F)F)C(C)c1cnc(O)c(Br)c1. The summed E-state index contributed by atoms with van der Waals surface area (Å²) in [5, 5.41) is 11.0. The highest BCUT2D eigenvalue weighted by molar-refractivity contribution is 9.10. The molecule has 5 nitrogen and oxygen atoms in total. The Hall–Kier alpha value is -1.72. The maximum absolute atomic E-state index is 13.0. The molecule has 1 unspecified atom stereocenters. The van der Waals surface area contributed by atoms with E-state index < -0.39 is 43.3 Å². The Morgan fingerprint density at radius 2 is 1.93 bits per heavy atom. The second-order valence-corrected chi connectivity index (χ2v) is 6.59. The number of nitrogens with zero attached hydrogens (tertiary/aromatic N) is 2. The van der Waals surface area contributed by atoms with Crippen LogP contribution in [0.25, 0.3) is 0 Å². The third kappa shape index (κ3) is 7.07. The Morgan fingerprint density at radius 1 is 1.33 bits per heavy atom. The Labute approximate surface area is 159 Å². The fraction of sp³-hybridized carbons (Fsp3) is 0.600. The highest BCUT2D eigenvalue weighted by Gasteiger charge is 2.43. The van der Waals surface area contributed by atoms with E-state index in [9.17, 15) is 36.2 Å². The molecule has 0 aliphatic heterocycles. The van der Waals surface area contributed by atoms with E-state index in [1.807, 2.05) is 0 Å². The van der Waals surface area contributed by atoms with Gasteiger partial charge in [-0.2, -0.15) is 26.3 Å². The van der Waals surface area contributed by atoms with E-state index in [4.69, 9.17) is 0 Å². The lowest BCUT2D eigenvalue weighted by Gasteiger charge is -2.31. The normalized spacial score (nSPS) is 14.6. The Kier molecular flexibility index (Phi) is 7.76. The fourth-order valence-electron chi connectivity index (χ4n) is 2.30. The van der Waals surface area contributed by atoms with Crippen LogP contribution in [0.1, 0.15) is 38.3 Å². The van der Waals surface area contributed by atoms with Gasteiger partial charge < -0.3 is 15.3 Å². The number of aromatic nitrogens is 1. The summed E-state index contributed by atoms with van der Waals surface area (Å²) in [4.78, 5) is 17.0. The van der Waals surface area contributed by atoms with Gasteiger partial charge in [-0.25, -0.2) is 9.78 Å². The maximum Gasteiger partial charge on any atom is 0.408 e. The third-order valence-electron chi connectivity index (χ3n) is 3.80. The van der Waals surface area contributed by atoms with E-state index in [1.165, 1.54) is 26.1 Å². The molecule has 0 fully saturated rings. The van der Waals surface area contributed by atoms with Crippen LogP contribution in [0.2, 0.25) is 0 Å². The van der Waals surface area contributed by atoms with Crippen LogP contribution in [0.3, 0.4) is 0 Å². The van der Waals surface area contributed by atoms with Crippen molar-refractivity contribution in [3.63, 3.8) is 0 Å². The molecule has 0 spiro atoms. The number of nitrogens with one attached hydrogen (secondary N) is 1. The van der Waals surface area contributed by atoms with Gasteiger partial charge in [0.15, 0.2) is 0 Å². The highest BCUT2D eigenvalue weighted by Crippen LogP contribution is 2.30. The summed E-state index contributed by atoms with van der Waals surface area (Å²) in [6.45, 7) is 3.02. The first-order chi connectivity index (χ1) is 12.3. The molecule has 2 N–H and O–H groups in total. The van der Waals surface area contributed by atoms with Gasteiger partial charge in [0.25, 0.3) is 0 Å². The minimum atomic E-state index is -5.02. The minimum Gasteiger partial charge on any atom is -0.492 e. The maximum atomic E-state index is 13.0. The number of carbonyl (C=O) groups excluding carboxylic acids is 1. The predicted octanol–water partition coefficient (Wildman–Crippen LogP) is 4.92. The molecule has 1 aromatic rings. The molecule has 0 saturated heterocycles. The lowest BCUT2D eigenvalue weighted by Crippen LogP contribution is -2.51. The highest BCUT2D eigenvalue weighted by atomic mass is 79.9. The largest absolute Gasteiger partial charge is 0.492 e. The number of carbonyl (C=O) groups is 1. The van der Waals surface area contributed by atoms with E-state index >= 15 is 0 Å². The van der Waals surface area contributed by atoms with Crippen LogP contribution in [0.4, 0.5) is 31.1 Å². The van der Waals surface area contributed by atoms with Crippen molar-refractivity contribution in [1.82, 2.24) is 15.2 Å². The Balaban J connectivity index is 2.94. The average Bonchev–Trinajstić information content (AvgIpc) is 2.52. The monoisotopic (exact) mass is 465 g/mol. The van der Waals surface area contributed by atoms with Gasteiger partial charge in [-0.1, -0.05) is 0 Å². The first kappa shape index (κ1) is 23.3. The molecule has 0 radical (unpaired) electrons. The van der Waals surface area contributed by atoms with E-state index in [-0.39, 0.29) is 16.9 Å². The lowest BCUT2D eigenvalue weighted by atomic mass is 10.1. The van der Waals surface area contributed by atoms with Gasteiger partial charge in [0.05, 0.1) is 10.5 Å². The number of amides is 2. The average molecular weight is 466 g/mol. The van der Waals surface area contributed by atoms with Crippen LogP contribution in [-0.2, 0) is 0 Å². The smallest absolute Gasteiger partial charge is 0.408 e. The summed E-state index contributed by atoms with van der Waals surface area (Å²) in [6.07, 6.45) is -11.5. The van der Waals surface area contributed by atoms with E-state index in [1.54, 1.807) is 5.32 Å². The number of hydrogen-bond acceptors (Lipinski definition) is 3. The van der Waals surface area contributed by atoms with Gasteiger partial charge in [0, 0.05) is 19.2 Å². The van der Waals surface area contributed by atoms with Gasteiger partial charge in [0.2, 0.25) is 5.88 Å². The van der Waals surface area contributed by atoms with Gasteiger partial charge in [-0.15, -0.1) is 0 Å². The molecule has 1 heterocycles. The number of hydrogen-bond donors (Lipinski definition) is 2. The molecule has 154 valence electrons. The summed E-state index contributed by atoms with van der Waals surface area (Å²) in [5.74, 6) is -0.303. The van der Waals surface area contributed by atoms with Crippen LogP contribution >= 0.6 is 15.9 Å². The quantitative estimate of drug-likeness (QED) is 0.586. The van der Waals surface area contributed by atoms with E-state index in [0.717, 1.165) is 4.90 Å². The topological polar surface area (TPSA) is 65.5 Å². The number of aromatic hydroxyl groups is 1. The van der Waals surface area contributed by atoms with Gasteiger partial charge >= 0.3 is 18.4 Å². The summed E-state index contributed by atoms with van der Waals surface area (Å²) < 4.78 is 76.0. The molecular formula is C15H18BrF6N3O2. The number of pyridine rings is 1. The van der Waals surface area contributed by atoms with Crippen LogP contribution in [0.15, 0.2) is 16.7 Å². The van der Waals surface area contributed by atoms with Crippen molar-refractivity contribution in [3.05, 3.63) is 22.3 Å². The van der Waals surface area contributed by atoms with Crippen LogP contribution in [-0.4, -0.2) is 46.0 Å². The molecular weight excluding hydrogens is 448 g/mol. The lowest BCUT2D eigenvalue weighted by molar-refractivity contribution is -0.171. The summed E-state index contributed by atoms with van der Waals surface area (Å²) in [5.41, 5.74) is 0.413. The Morgan fingerprint density at radius 3 is 2.37 bits per heavy atom.